The molecule has 3 heteroatoms. The van der Waals surface area contributed by atoms with Gasteiger partial charge in [0.15, 0.2) is 5.78 Å². The number of hydrogen-bond donors (Lipinski definition) is 0. The lowest BCUT2D eigenvalue weighted by molar-refractivity contribution is 0.0926. The largest absolute Gasteiger partial charge is 0.303 e. The molecule has 104 valence electrons. The second-order valence-electron chi connectivity index (χ2n) is 5.70. The lowest BCUT2D eigenvalue weighted by Crippen LogP contribution is -2.39. The van der Waals surface area contributed by atoms with Crippen LogP contribution < -0.4 is 0 Å². The highest BCUT2D eigenvalue weighted by Crippen LogP contribution is 2.23. The Labute approximate surface area is 124 Å². The van der Waals surface area contributed by atoms with Crippen molar-refractivity contribution in [1.29, 1.82) is 0 Å². The van der Waals surface area contributed by atoms with Gasteiger partial charge in [0, 0.05) is 29.5 Å². The molecule has 2 atom stereocenters. The number of Topliss-reactive ketones (excluding diaryl/α,β-unsaturated/α-hetero) is 1. The molecule has 1 aliphatic rings. The predicted molar refractivity (Wildman–Crippen MR) is 82.5 cm³/mol. The fourth-order valence-electron chi connectivity index (χ4n) is 2.63. The van der Waals surface area contributed by atoms with Crippen LogP contribution in [-0.4, -0.2) is 30.3 Å². The van der Waals surface area contributed by atoms with Crippen molar-refractivity contribution in [3.8, 4) is 0 Å². The highest BCUT2D eigenvalue weighted by atomic mass is 79.9. The number of likely N-dealkylation sites (tertiary alicyclic amines) is 1. The Kier molecular flexibility index (Phi) is 5.17. The molecule has 2 rings (SSSR count). The second kappa shape index (κ2) is 6.67. The van der Waals surface area contributed by atoms with Crippen molar-refractivity contribution >= 4 is 21.7 Å². The van der Waals surface area contributed by atoms with Gasteiger partial charge >= 0.3 is 0 Å². The van der Waals surface area contributed by atoms with Gasteiger partial charge in [0.25, 0.3) is 0 Å². The van der Waals surface area contributed by atoms with Gasteiger partial charge in [0.1, 0.15) is 0 Å². The Morgan fingerprint density at radius 3 is 2.74 bits per heavy atom. The molecule has 0 spiro atoms. The van der Waals surface area contributed by atoms with Crippen molar-refractivity contribution in [2.75, 3.05) is 19.6 Å². The molecule has 1 fully saturated rings. The van der Waals surface area contributed by atoms with Crippen LogP contribution >= 0.6 is 15.9 Å². The van der Waals surface area contributed by atoms with Crippen LogP contribution in [0.2, 0.25) is 0 Å². The van der Waals surface area contributed by atoms with Gasteiger partial charge in [-0.15, -0.1) is 0 Å². The van der Waals surface area contributed by atoms with Crippen molar-refractivity contribution in [2.45, 2.75) is 26.7 Å². The number of halogens is 1. The van der Waals surface area contributed by atoms with E-state index in [4.69, 9.17) is 0 Å². The van der Waals surface area contributed by atoms with Gasteiger partial charge in [-0.3, -0.25) is 4.79 Å². The highest BCUT2D eigenvalue weighted by molar-refractivity contribution is 9.10. The summed E-state index contributed by atoms with van der Waals surface area (Å²) < 4.78 is 0.903. The average Bonchev–Trinajstić information content (AvgIpc) is 2.40. The molecule has 0 aromatic heterocycles. The first-order valence-electron chi connectivity index (χ1n) is 7.08. The van der Waals surface area contributed by atoms with Crippen molar-refractivity contribution < 1.29 is 4.79 Å². The molecule has 1 heterocycles. The van der Waals surface area contributed by atoms with E-state index in [1.54, 1.807) is 0 Å². The Balaban J connectivity index is 1.86. The van der Waals surface area contributed by atoms with E-state index in [0.717, 1.165) is 41.5 Å². The third-order valence-electron chi connectivity index (χ3n) is 4.25. The van der Waals surface area contributed by atoms with Crippen molar-refractivity contribution in [1.82, 2.24) is 4.90 Å². The van der Waals surface area contributed by atoms with Crippen LogP contribution in [0.4, 0.5) is 0 Å². The number of benzene rings is 1. The first kappa shape index (κ1) is 14.7. The van der Waals surface area contributed by atoms with E-state index in [2.05, 4.69) is 34.7 Å². The van der Waals surface area contributed by atoms with E-state index in [9.17, 15) is 4.79 Å². The predicted octanol–water partition coefficient (Wildman–Crippen LogP) is 4.00. The first-order chi connectivity index (χ1) is 9.08. The summed E-state index contributed by atoms with van der Waals surface area (Å²) in [5, 5.41) is 0. The normalized spacial score (nSPS) is 24.4. The molecular formula is C16H22BrNO. The number of rotatable bonds is 4. The topological polar surface area (TPSA) is 20.3 Å². The number of ketones is 1. The maximum atomic E-state index is 12.2. The van der Waals surface area contributed by atoms with Gasteiger partial charge in [-0.25, -0.2) is 0 Å². The van der Waals surface area contributed by atoms with Gasteiger partial charge in [-0.05, 0) is 30.9 Å². The summed E-state index contributed by atoms with van der Waals surface area (Å²) in [6.07, 6.45) is 1.87. The third-order valence-corrected chi connectivity index (χ3v) is 4.94. The Morgan fingerprint density at radius 2 is 2.05 bits per heavy atom. The molecule has 1 saturated heterocycles. The molecule has 0 N–H and O–H groups in total. The molecule has 2 unspecified atom stereocenters. The molecule has 2 nitrogen and oxygen atoms in total. The second-order valence-corrected chi connectivity index (χ2v) is 6.55. The van der Waals surface area contributed by atoms with Crippen LogP contribution in [-0.2, 0) is 0 Å². The molecule has 1 aromatic rings. The van der Waals surface area contributed by atoms with Crippen LogP contribution in [0.15, 0.2) is 28.7 Å². The van der Waals surface area contributed by atoms with Gasteiger partial charge in [0.05, 0.1) is 0 Å². The summed E-state index contributed by atoms with van der Waals surface area (Å²) in [4.78, 5) is 14.6. The van der Waals surface area contributed by atoms with Gasteiger partial charge in [-0.2, -0.15) is 0 Å². The van der Waals surface area contributed by atoms with Crippen molar-refractivity contribution in [3.05, 3.63) is 34.3 Å². The Morgan fingerprint density at radius 1 is 1.32 bits per heavy atom. The first-order valence-corrected chi connectivity index (χ1v) is 7.87. The summed E-state index contributed by atoms with van der Waals surface area (Å²) in [5.41, 5.74) is 0.806. The molecule has 0 aliphatic carbocycles. The van der Waals surface area contributed by atoms with Gasteiger partial charge < -0.3 is 4.90 Å². The highest BCUT2D eigenvalue weighted by Gasteiger charge is 2.23. The van der Waals surface area contributed by atoms with Crippen molar-refractivity contribution in [3.63, 3.8) is 0 Å². The van der Waals surface area contributed by atoms with Crippen LogP contribution in [0.1, 0.15) is 37.0 Å². The molecular weight excluding hydrogens is 302 g/mol. The summed E-state index contributed by atoms with van der Waals surface area (Å²) in [7, 11) is 0. The maximum absolute atomic E-state index is 12.2. The van der Waals surface area contributed by atoms with Crippen LogP contribution in [0, 0.1) is 11.8 Å². The van der Waals surface area contributed by atoms with E-state index >= 15 is 0 Å². The van der Waals surface area contributed by atoms with Crippen LogP contribution in [0.25, 0.3) is 0 Å². The SMILES string of the molecule is CC1CCN(CCC(=O)c2ccccc2Br)CC1C. The standard InChI is InChI=1S/C16H22BrNO/c1-12-7-9-18(11-13(12)2)10-8-16(19)14-5-3-4-6-15(14)17/h3-6,12-13H,7-11H2,1-2H3. The monoisotopic (exact) mass is 323 g/mol. The minimum atomic E-state index is 0.235. The van der Waals surface area contributed by atoms with E-state index < -0.39 is 0 Å². The van der Waals surface area contributed by atoms with E-state index in [1.165, 1.54) is 6.42 Å². The Bertz CT molecular complexity index is 446. The summed E-state index contributed by atoms with van der Waals surface area (Å²) in [6, 6.07) is 7.68. The molecule has 19 heavy (non-hydrogen) atoms. The zero-order valence-corrected chi connectivity index (χ0v) is 13.3. The Hall–Kier alpha value is -0.670. The molecule has 0 saturated carbocycles. The number of piperidine rings is 1. The number of carbonyl (C=O) groups is 1. The minimum Gasteiger partial charge on any atom is -0.303 e. The van der Waals surface area contributed by atoms with Gasteiger partial charge in [0.2, 0.25) is 0 Å². The molecule has 0 bridgehead atoms. The third kappa shape index (κ3) is 3.90. The lowest BCUT2D eigenvalue weighted by atomic mass is 9.88. The smallest absolute Gasteiger partial charge is 0.165 e. The van der Waals surface area contributed by atoms with Crippen LogP contribution in [0.5, 0.6) is 0 Å². The quantitative estimate of drug-likeness (QED) is 0.780. The molecule has 1 aliphatic heterocycles. The van der Waals surface area contributed by atoms with E-state index in [1.807, 2.05) is 24.3 Å². The van der Waals surface area contributed by atoms with Crippen LogP contribution in [0.3, 0.4) is 0 Å². The van der Waals surface area contributed by atoms with Crippen molar-refractivity contribution in [2.24, 2.45) is 11.8 Å². The lowest BCUT2D eigenvalue weighted by Gasteiger charge is -2.35. The minimum absolute atomic E-state index is 0.235. The average molecular weight is 324 g/mol. The van der Waals surface area contributed by atoms with E-state index in [-0.39, 0.29) is 5.78 Å². The zero-order valence-electron chi connectivity index (χ0n) is 11.7. The molecule has 0 amide bonds. The fraction of sp³-hybridized carbons (Fsp3) is 0.562. The maximum Gasteiger partial charge on any atom is 0.165 e. The summed E-state index contributed by atoms with van der Waals surface area (Å²) >= 11 is 3.45. The summed E-state index contributed by atoms with van der Waals surface area (Å²) in [6.45, 7) is 7.79. The van der Waals surface area contributed by atoms with E-state index in [0.29, 0.717) is 6.42 Å². The summed E-state index contributed by atoms with van der Waals surface area (Å²) in [5.74, 6) is 1.79. The van der Waals surface area contributed by atoms with Gasteiger partial charge in [-0.1, -0.05) is 48.0 Å². The zero-order chi connectivity index (χ0) is 13.8. The number of hydrogen-bond acceptors (Lipinski definition) is 2. The molecule has 1 aromatic carbocycles. The fourth-order valence-corrected chi connectivity index (χ4v) is 3.14. The molecule has 0 radical (unpaired) electrons. The number of carbonyl (C=O) groups excluding carboxylic acids is 1. The number of nitrogens with zero attached hydrogens (tertiary/aromatic N) is 1.